The second-order valence-electron chi connectivity index (χ2n) is 1.57. The van der Waals surface area contributed by atoms with Crippen molar-refractivity contribution >= 4 is 29.7 Å². The van der Waals surface area contributed by atoms with Gasteiger partial charge in [-0.1, -0.05) is 11.6 Å². The molecule has 0 saturated carbocycles. The van der Waals surface area contributed by atoms with E-state index < -0.39 is 0 Å². The smallest absolute Gasteiger partial charge is 0.0770 e. The maximum Gasteiger partial charge on any atom is 0.0770 e. The fraction of sp³-hybridized carbons (Fsp3) is 0. The summed E-state index contributed by atoms with van der Waals surface area (Å²) in [6.45, 7) is 0. The molecule has 0 spiro atoms. The number of halogens is 1. The molecule has 46 valence electrons. The molecule has 0 fully saturated rings. The van der Waals surface area contributed by atoms with Crippen LogP contribution in [0.5, 0.6) is 0 Å². The van der Waals surface area contributed by atoms with Crippen molar-refractivity contribution < 1.29 is 0 Å². The van der Waals surface area contributed by atoms with Gasteiger partial charge in [-0.05, 0) is 24.3 Å². The van der Waals surface area contributed by atoms with Crippen molar-refractivity contribution in [2.75, 3.05) is 0 Å². The third kappa shape index (κ3) is 1.73. The minimum absolute atomic E-state index is 0.706. The van der Waals surface area contributed by atoms with Gasteiger partial charge in [0.25, 0.3) is 0 Å². The predicted octanol–water partition coefficient (Wildman–Crippen LogP) is 2.70. The van der Waals surface area contributed by atoms with Crippen LogP contribution in [0, 0.1) is 0 Å². The molecule has 0 radical (unpaired) electrons. The van der Waals surface area contributed by atoms with Gasteiger partial charge in [-0.25, -0.2) is 0 Å². The molecule has 1 aromatic rings. The molecular weight excluding hydrogens is 154 g/mol. The summed E-state index contributed by atoms with van der Waals surface area (Å²) in [5, 5.41) is 0.706. The van der Waals surface area contributed by atoms with Crippen LogP contribution in [0.15, 0.2) is 28.6 Å². The van der Waals surface area contributed by atoms with Crippen LogP contribution < -0.4 is 0 Å². The zero-order valence-corrected chi connectivity index (χ0v) is 6.12. The maximum absolute atomic E-state index is 5.59. The van der Waals surface area contributed by atoms with E-state index in [0.717, 1.165) is 5.69 Å². The van der Waals surface area contributed by atoms with E-state index in [9.17, 15) is 0 Å². The average molecular weight is 158 g/mol. The lowest BCUT2D eigenvalue weighted by Gasteiger charge is -1.88. The summed E-state index contributed by atoms with van der Waals surface area (Å²) >= 11 is 10.0. The van der Waals surface area contributed by atoms with Gasteiger partial charge in [-0.2, -0.15) is 4.36 Å². The molecule has 3 heteroatoms. The van der Waals surface area contributed by atoms with Gasteiger partial charge >= 0.3 is 0 Å². The Morgan fingerprint density at radius 2 is 1.78 bits per heavy atom. The molecule has 0 atom stereocenters. The van der Waals surface area contributed by atoms with Gasteiger partial charge in [-0.15, -0.1) is 0 Å². The van der Waals surface area contributed by atoms with Crippen LogP contribution in [0.25, 0.3) is 0 Å². The van der Waals surface area contributed by atoms with E-state index in [0.29, 0.717) is 5.02 Å². The highest BCUT2D eigenvalue weighted by atomic mass is 35.5. The van der Waals surface area contributed by atoms with Crippen molar-refractivity contribution in [2.24, 2.45) is 4.36 Å². The zero-order valence-electron chi connectivity index (χ0n) is 4.54. The Morgan fingerprint density at radius 1 is 1.22 bits per heavy atom. The first-order chi connectivity index (χ1) is 4.33. The van der Waals surface area contributed by atoms with Gasteiger partial charge in [0.2, 0.25) is 0 Å². The highest BCUT2D eigenvalue weighted by Gasteiger charge is 1.85. The van der Waals surface area contributed by atoms with Crippen molar-refractivity contribution in [3.63, 3.8) is 0 Å². The predicted molar refractivity (Wildman–Crippen MR) is 40.9 cm³/mol. The van der Waals surface area contributed by atoms with Crippen molar-refractivity contribution in [2.45, 2.75) is 0 Å². The highest BCUT2D eigenvalue weighted by Crippen LogP contribution is 2.14. The molecule has 1 rings (SSSR count). The van der Waals surface area contributed by atoms with Gasteiger partial charge in [0.1, 0.15) is 0 Å². The van der Waals surface area contributed by atoms with E-state index in [4.69, 9.17) is 11.6 Å². The van der Waals surface area contributed by atoms with Gasteiger partial charge < -0.3 is 0 Å². The van der Waals surface area contributed by atoms with Crippen LogP contribution in [-0.4, -0.2) is 0 Å². The molecule has 0 unspecified atom stereocenters. The van der Waals surface area contributed by atoms with Crippen molar-refractivity contribution in [1.29, 1.82) is 0 Å². The Hall–Kier alpha value is -0.470. The van der Waals surface area contributed by atoms with Gasteiger partial charge in [0.15, 0.2) is 0 Å². The van der Waals surface area contributed by atoms with E-state index in [2.05, 4.69) is 16.8 Å². The van der Waals surface area contributed by atoms with Gasteiger partial charge in [0.05, 0.1) is 5.69 Å². The zero-order chi connectivity index (χ0) is 6.69. The van der Waals surface area contributed by atoms with Crippen LogP contribution >= 0.6 is 11.6 Å². The maximum atomic E-state index is 5.59. The van der Waals surface area contributed by atoms with Gasteiger partial charge in [-0.3, -0.25) is 0 Å². The minimum atomic E-state index is 0.706. The van der Waals surface area contributed by atoms with Crippen LogP contribution in [0.3, 0.4) is 0 Å². The monoisotopic (exact) mass is 157 g/mol. The molecule has 0 saturated heterocycles. The molecule has 9 heavy (non-hydrogen) atoms. The van der Waals surface area contributed by atoms with Crippen molar-refractivity contribution in [1.82, 2.24) is 0 Å². The molecule has 0 aliphatic carbocycles. The Morgan fingerprint density at radius 3 is 2.22 bits per heavy atom. The summed E-state index contributed by atoms with van der Waals surface area (Å²) in [7, 11) is 0. The fourth-order valence-corrected chi connectivity index (χ4v) is 0.750. The van der Waals surface area contributed by atoms with Crippen molar-refractivity contribution in [3.05, 3.63) is 29.3 Å². The Kier molecular flexibility index (Phi) is 2.14. The quantitative estimate of drug-likeness (QED) is 0.611. The summed E-state index contributed by atoms with van der Waals surface area (Å²) < 4.78 is 3.54. The molecule has 0 N–H and O–H groups in total. The van der Waals surface area contributed by atoms with E-state index in [-0.39, 0.29) is 0 Å². The molecule has 1 nitrogen and oxygen atoms in total. The number of hydrogen-bond acceptors (Lipinski definition) is 2. The summed E-state index contributed by atoms with van der Waals surface area (Å²) in [6.07, 6.45) is 0. The van der Waals surface area contributed by atoms with E-state index in [1.54, 1.807) is 24.3 Å². The fourth-order valence-electron chi connectivity index (χ4n) is 0.502. The normalized spacial score (nSPS) is 9.00. The third-order valence-electron chi connectivity index (χ3n) is 0.932. The summed E-state index contributed by atoms with van der Waals surface area (Å²) in [6, 6.07) is 7.06. The largest absolute Gasteiger partial charge is 0.182 e. The van der Waals surface area contributed by atoms with Crippen LogP contribution in [0.1, 0.15) is 0 Å². The molecule has 1 aromatic carbocycles. The lowest BCUT2D eigenvalue weighted by atomic mass is 10.3. The lowest BCUT2D eigenvalue weighted by Crippen LogP contribution is -1.61. The molecule has 0 bridgehead atoms. The SMILES string of the molecule is S=Nc1ccc(Cl)cc1. The van der Waals surface area contributed by atoms with Gasteiger partial charge in [0, 0.05) is 17.4 Å². The number of benzene rings is 1. The Balaban J connectivity index is 3.01. The number of rotatable bonds is 1. The third-order valence-corrected chi connectivity index (χ3v) is 1.39. The lowest BCUT2D eigenvalue weighted by molar-refractivity contribution is 1.58. The van der Waals surface area contributed by atoms with Crippen LogP contribution in [0.2, 0.25) is 5.02 Å². The molecule has 0 aliphatic heterocycles. The average Bonchev–Trinajstić information content (AvgIpc) is 1.90. The number of hydrogen-bond donors (Lipinski definition) is 0. The Labute approximate surface area is 63.8 Å². The highest BCUT2D eigenvalue weighted by molar-refractivity contribution is 7.47. The molecular formula is C6H4ClNS. The summed E-state index contributed by atoms with van der Waals surface area (Å²) in [4.78, 5) is 0. The standard InChI is InChI=1S/C6H4ClNS/c7-5-1-3-6(8-9)4-2-5/h1-4H. The summed E-state index contributed by atoms with van der Waals surface area (Å²) in [5.74, 6) is 0. The van der Waals surface area contributed by atoms with E-state index in [1.165, 1.54) is 0 Å². The van der Waals surface area contributed by atoms with Crippen molar-refractivity contribution in [3.8, 4) is 0 Å². The topological polar surface area (TPSA) is 12.4 Å². The molecule has 0 heterocycles. The van der Waals surface area contributed by atoms with Crippen LogP contribution in [-0.2, 0) is 12.4 Å². The minimum Gasteiger partial charge on any atom is -0.182 e. The number of nitrogens with zero attached hydrogens (tertiary/aromatic N) is 1. The first-order valence-electron chi connectivity index (χ1n) is 2.42. The Bertz CT molecular complexity index is 207. The second kappa shape index (κ2) is 2.90. The summed E-state index contributed by atoms with van der Waals surface area (Å²) in [5.41, 5.74) is 0.773. The molecule has 0 amide bonds. The first-order valence-corrected chi connectivity index (χ1v) is 3.16. The van der Waals surface area contributed by atoms with Crippen LogP contribution in [0.4, 0.5) is 5.69 Å². The second-order valence-corrected chi connectivity index (χ2v) is 2.19. The molecule has 0 aromatic heterocycles. The van der Waals surface area contributed by atoms with E-state index in [1.807, 2.05) is 0 Å². The molecule has 0 aliphatic rings. The van der Waals surface area contributed by atoms with E-state index >= 15 is 0 Å². The first kappa shape index (κ1) is 6.65.